The lowest BCUT2D eigenvalue weighted by Crippen LogP contribution is -2.47. The minimum absolute atomic E-state index is 0.105. The molecule has 0 bridgehead atoms. The Bertz CT molecular complexity index is 1440. The lowest BCUT2D eigenvalue weighted by atomic mass is 10.0. The van der Waals surface area contributed by atoms with Crippen molar-refractivity contribution < 1.29 is 13.5 Å². The van der Waals surface area contributed by atoms with Gasteiger partial charge in [0.05, 0.1) is 21.6 Å². The predicted molar refractivity (Wildman–Crippen MR) is 122 cm³/mol. The summed E-state index contributed by atoms with van der Waals surface area (Å²) in [6.45, 7) is 0.554. The second-order valence-electron chi connectivity index (χ2n) is 7.61. The van der Waals surface area contributed by atoms with Crippen LogP contribution in [-0.2, 0) is 0 Å². The summed E-state index contributed by atoms with van der Waals surface area (Å²) in [4.78, 5) is 9.65. The SMILES string of the molecule is N#CC1CCN1c1ncc(-c2n[nH]c3cc(F)c(O[C@H](N)c4c(Cl)cncc4Cl)cc23)cc1F. The van der Waals surface area contributed by atoms with Crippen molar-refractivity contribution >= 4 is 39.9 Å². The third-order valence-corrected chi connectivity index (χ3v) is 6.18. The molecule has 4 heterocycles. The standard InChI is InChI=1S/C22H15Cl2F2N7O/c23-13-8-29-9-14(24)19(13)21(28)34-18-4-12-17(5-15(18)25)31-32-20(12)10-3-16(26)22(30-7-10)33-2-1-11(33)6-27/h3-5,7-9,11,21H,1-2,28H2,(H,31,32)/t11?,21-/m0/s1. The Kier molecular flexibility index (Phi) is 5.69. The third-order valence-electron chi connectivity index (χ3n) is 5.58. The first-order valence-corrected chi connectivity index (χ1v) is 10.8. The monoisotopic (exact) mass is 501 g/mol. The number of halogens is 4. The zero-order chi connectivity index (χ0) is 24.0. The van der Waals surface area contributed by atoms with E-state index >= 15 is 0 Å². The van der Waals surface area contributed by atoms with E-state index in [1.54, 1.807) is 4.90 Å². The number of nitrogens with zero attached hydrogens (tertiary/aromatic N) is 5. The van der Waals surface area contributed by atoms with Crippen LogP contribution in [0, 0.1) is 23.0 Å². The van der Waals surface area contributed by atoms with Gasteiger partial charge in [0.15, 0.2) is 29.4 Å². The number of hydrogen-bond donors (Lipinski definition) is 2. The van der Waals surface area contributed by atoms with Crippen LogP contribution in [0.4, 0.5) is 14.6 Å². The summed E-state index contributed by atoms with van der Waals surface area (Å²) >= 11 is 12.2. The van der Waals surface area contributed by atoms with Gasteiger partial charge in [0.1, 0.15) is 11.7 Å². The predicted octanol–water partition coefficient (Wildman–Crippen LogP) is 4.74. The first-order chi connectivity index (χ1) is 16.4. The van der Waals surface area contributed by atoms with Crippen molar-refractivity contribution in [3.8, 4) is 23.1 Å². The van der Waals surface area contributed by atoms with Crippen LogP contribution in [0.3, 0.4) is 0 Å². The Morgan fingerprint density at radius 1 is 1.18 bits per heavy atom. The Morgan fingerprint density at radius 3 is 2.59 bits per heavy atom. The van der Waals surface area contributed by atoms with Crippen molar-refractivity contribution in [2.45, 2.75) is 18.7 Å². The van der Waals surface area contributed by atoms with Gasteiger partial charge in [-0.05, 0) is 18.6 Å². The zero-order valence-corrected chi connectivity index (χ0v) is 18.8. The van der Waals surface area contributed by atoms with Gasteiger partial charge in [-0.2, -0.15) is 10.4 Å². The molecule has 12 heteroatoms. The van der Waals surface area contributed by atoms with Gasteiger partial charge in [-0.3, -0.25) is 15.8 Å². The fourth-order valence-corrected chi connectivity index (χ4v) is 4.34. The van der Waals surface area contributed by atoms with Crippen molar-refractivity contribution in [2.24, 2.45) is 5.73 Å². The highest BCUT2D eigenvalue weighted by Gasteiger charge is 2.31. The molecule has 172 valence electrons. The van der Waals surface area contributed by atoms with Crippen LogP contribution in [0.2, 0.25) is 10.0 Å². The highest BCUT2D eigenvalue weighted by molar-refractivity contribution is 6.35. The maximum absolute atomic E-state index is 14.8. The second kappa shape index (κ2) is 8.68. The lowest BCUT2D eigenvalue weighted by molar-refractivity contribution is 0.205. The highest BCUT2D eigenvalue weighted by Crippen LogP contribution is 2.36. The number of nitrogens with two attached hydrogens (primary N) is 1. The van der Waals surface area contributed by atoms with Crippen molar-refractivity contribution in [1.29, 1.82) is 5.26 Å². The van der Waals surface area contributed by atoms with Crippen molar-refractivity contribution in [1.82, 2.24) is 20.2 Å². The molecule has 0 amide bonds. The Hall–Kier alpha value is -3.52. The van der Waals surface area contributed by atoms with Crippen LogP contribution < -0.4 is 15.4 Å². The number of aromatic amines is 1. The summed E-state index contributed by atoms with van der Waals surface area (Å²) < 4.78 is 35.2. The molecule has 5 rings (SSSR count). The van der Waals surface area contributed by atoms with Crippen LogP contribution in [-0.4, -0.2) is 32.8 Å². The van der Waals surface area contributed by atoms with Crippen molar-refractivity contribution in [3.63, 3.8) is 0 Å². The average Bonchev–Trinajstić information content (AvgIpc) is 3.17. The van der Waals surface area contributed by atoms with E-state index < -0.39 is 23.9 Å². The van der Waals surface area contributed by atoms with Gasteiger partial charge in [-0.25, -0.2) is 13.8 Å². The normalized spacial score (nSPS) is 16.2. The molecule has 4 aromatic rings. The van der Waals surface area contributed by atoms with E-state index in [4.69, 9.17) is 38.9 Å². The molecular formula is C22H15Cl2F2N7O. The number of ether oxygens (including phenoxy) is 1. The van der Waals surface area contributed by atoms with E-state index in [2.05, 4.69) is 26.2 Å². The Morgan fingerprint density at radius 2 is 1.94 bits per heavy atom. The van der Waals surface area contributed by atoms with E-state index in [1.807, 2.05) is 0 Å². The molecular weight excluding hydrogens is 487 g/mol. The third kappa shape index (κ3) is 3.77. The van der Waals surface area contributed by atoms with Gasteiger partial charge in [0.2, 0.25) is 0 Å². The van der Waals surface area contributed by atoms with Gasteiger partial charge in [-0.1, -0.05) is 23.2 Å². The van der Waals surface area contributed by atoms with E-state index in [0.717, 1.165) is 0 Å². The van der Waals surface area contributed by atoms with Gasteiger partial charge >= 0.3 is 0 Å². The molecule has 1 aliphatic heterocycles. The van der Waals surface area contributed by atoms with Gasteiger partial charge < -0.3 is 9.64 Å². The molecule has 3 aromatic heterocycles. The summed E-state index contributed by atoms with van der Waals surface area (Å²) in [5, 5.41) is 16.8. The van der Waals surface area contributed by atoms with Crippen LogP contribution in [0.5, 0.6) is 5.75 Å². The highest BCUT2D eigenvalue weighted by atomic mass is 35.5. The summed E-state index contributed by atoms with van der Waals surface area (Å²) in [6.07, 6.45) is 3.64. The number of rotatable bonds is 5. The first kappa shape index (κ1) is 22.3. The van der Waals surface area contributed by atoms with Crippen molar-refractivity contribution in [2.75, 3.05) is 11.4 Å². The van der Waals surface area contributed by atoms with Crippen LogP contribution in [0.1, 0.15) is 18.2 Å². The zero-order valence-electron chi connectivity index (χ0n) is 17.3. The lowest BCUT2D eigenvalue weighted by Gasteiger charge is -2.37. The number of nitrogens with one attached hydrogen (secondary N) is 1. The maximum Gasteiger partial charge on any atom is 0.177 e. The quantitative estimate of drug-likeness (QED) is 0.379. The number of benzene rings is 1. The number of nitriles is 1. The minimum Gasteiger partial charge on any atom is -0.468 e. The average molecular weight is 502 g/mol. The number of H-pyrrole nitrogens is 1. The fourth-order valence-electron chi connectivity index (χ4n) is 3.76. The number of pyridine rings is 2. The summed E-state index contributed by atoms with van der Waals surface area (Å²) in [5.41, 5.74) is 7.40. The molecule has 0 saturated carbocycles. The minimum atomic E-state index is -1.17. The van der Waals surface area contributed by atoms with E-state index in [-0.39, 0.29) is 27.2 Å². The van der Waals surface area contributed by atoms with E-state index in [1.165, 1.54) is 36.8 Å². The van der Waals surface area contributed by atoms with E-state index in [9.17, 15) is 8.78 Å². The number of fused-ring (bicyclic) bond motifs is 1. The Labute approximate surface area is 201 Å². The topological polar surface area (TPSA) is 117 Å². The molecule has 0 aliphatic carbocycles. The fraction of sp³-hybridized carbons (Fsp3) is 0.182. The Balaban J connectivity index is 1.49. The number of anilines is 1. The summed E-state index contributed by atoms with van der Waals surface area (Å²) in [5.74, 6) is -1.35. The molecule has 1 unspecified atom stereocenters. The van der Waals surface area contributed by atoms with Gasteiger partial charge in [-0.15, -0.1) is 0 Å². The smallest absolute Gasteiger partial charge is 0.177 e. The van der Waals surface area contributed by atoms with Gasteiger partial charge in [0.25, 0.3) is 0 Å². The van der Waals surface area contributed by atoms with Gasteiger partial charge in [0, 0.05) is 47.7 Å². The van der Waals surface area contributed by atoms with Crippen LogP contribution >= 0.6 is 23.2 Å². The molecule has 1 saturated heterocycles. The molecule has 0 radical (unpaired) electrons. The number of aromatic nitrogens is 4. The molecule has 3 N–H and O–H groups in total. The largest absolute Gasteiger partial charge is 0.468 e. The molecule has 1 fully saturated rings. The second-order valence-corrected chi connectivity index (χ2v) is 8.43. The summed E-state index contributed by atoms with van der Waals surface area (Å²) in [6, 6.07) is 5.59. The first-order valence-electron chi connectivity index (χ1n) is 10.1. The molecule has 1 aromatic carbocycles. The van der Waals surface area contributed by atoms with Crippen LogP contribution in [0.25, 0.3) is 22.2 Å². The number of hydrogen-bond acceptors (Lipinski definition) is 7. The molecule has 34 heavy (non-hydrogen) atoms. The van der Waals surface area contributed by atoms with E-state index in [0.29, 0.717) is 35.1 Å². The molecule has 1 aliphatic rings. The molecule has 2 atom stereocenters. The van der Waals surface area contributed by atoms with Crippen LogP contribution in [0.15, 0.2) is 36.8 Å². The van der Waals surface area contributed by atoms with Crippen molar-refractivity contribution in [3.05, 3.63) is 64.0 Å². The molecule has 8 nitrogen and oxygen atoms in total. The molecule has 0 spiro atoms. The summed E-state index contributed by atoms with van der Waals surface area (Å²) in [7, 11) is 0. The maximum atomic E-state index is 14.8.